The number of hydrogen-bond donors (Lipinski definition) is 1. The molecule has 2 unspecified atom stereocenters. The number of nitrogens with one attached hydrogen (secondary N) is 1. The Kier molecular flexibility index (Phi) is 6.20. The van der Waals surface area contributed by atoms with Crippen LogP contribution in [0.3, 0.4) is 0 Å². The summed E-state index contributed by atoms with van der Waals surface area (Å²) in [5.41, 5.74) is 9.55. The maximum absolute atomic E-state index is 5.94. The summed E-state index contributed by atoms with van der Waals surface area (Å²) in [6, 6.07) is 25.7. The Morgan fingerprint density at radius 2 is 1.63 bits per heavy atom. The molecular weight excluding hydrogens is 448 g/mol. The molecule has 1 aliphatic heterocycles. The van der Waals surface area contributed by atoms with Crippen molar-refractivity contribution >= 4 is 23.0 Å². The van der Waals surface area contributed by atoms with Gasteiger partial charge in [-0.05, 0) is 92.0 Å². The molecule has 2 atom stereocenters. The second-order valence-electron chi connectivity index (χ2n) is 9.69. The molecule has 1 N–H and O–H groups in total. The summed E-state index contributed by atoms with van der Waals surface area (Å²) in [4.78, 5) is 6.98. The first kappa shape index (κ1) is 23.3. The van der Waals surface area contributed by atoms with E-state index in [1.807, 2.05) is 18.3 Å². The largest absolute Gasteiger partial charge is 0.351 e. The third-order valence-corrected chi connectivity index (χ3v) is 7.40. The number of benzene rings is 2. The van der Waals surface area contributed by atoms with Crippen LogP contribution in [0.25, 0.3) is 5.69 Å². The number of nitrogens with zero attached hydrogens (tertiary/aromatic N) is 3. The smallest absolute Gasteiger partial charge is 0.174 e. The van der Waals surface area contributed by atoms with E-state index in [4.69, 9.17) is 17.2 Å². The van der Waals surface area contributed by atoms with Crippen molar-refractivity contribution in [2.75, 3.05) is 4.90 Å². The van der Waals surface area contributed by atoms with Crippen LogP contribution in [0.1, 0.15) is 65.6 Å². The second-order valence-corrected chi connectivity index (χ2v) is 10.1. The van der Waals surface area contributed by atoms with E-state index in [9.17, 15) is 0 Å². The van der Waals surface area contributed by atoms with Gasteiger partial charge in [0.1, 0.15) is 0 Å². The highest BCUT2D eigenvalue weighted by Gasteiger charge is 2.42. The van der Waals surface area contributed by atoms with Crippen LogP contribution in [-0.2, 0) is 0 Å². The summed E-state index contributed by atoms with van der Waals surface area (Å²) in [5.74, 6) is 0.484. The van der Waals surface area contributed by atoms with Crippen LogP contribution in [0, 0.1) is 20.8 Å². The Bertz CT molecular complexity index is 1360. The highest BCUT2D eigenvalue weighted by Crippen LogP contribution is 2.44. The van der Waals surface area contributed by atoms with E-state index in [2.05, 4.69) is 110 Å². The van der Waals surface area contributed by atoms with E-state index in [1.165, 1.54) is 33.8 Å². The first-order chi connectivity index (χ1) is 16.9. The second kappa shape index (κ2) is 9.31. The van der Waals surface area contributed by atoms with Gasteiger partial charge in [-0.1, -0.05) is 50.2 Å². The Morgan fingerprint density at radius 1 is 0.914 bits per heavy atom. The van der Waals surface area contributed by atoms with Crippen LogP contribution in [-0.4, -0.2) is 14.7 Å². The number of pyridine rings is 1. The Morgan fingerprint density at radius 3 is 2.29 bits per heavy atom. The lowest BCUT2D eigenvalue weighted by Gasteiger charge is -2.28. The molecule has 4 nitrogen and oxygen atoms in total. The van der Waals surface area contributed by atoms with Crippen molar-refractivity contribution in [1.29, 1.82) is 0 Å². The molecule has 1 fully saturated rings. The molecule has 178 valence electrons. The number of rotatable bonds is 5. The van der Waals surface area contributed by atoms with Gasteiger partial charge in [0.05, 0.1) is 17.8 Å². The zero-order valence-electron chi connectivity index (χ0n) is 21.0. The molecule has 5 heteroatoms. The van der Waals surface area contributed by atoms with Crippen LogP contribution < -0.4 is 10.2 Å². The van der Waals surface area contributed by atoms with Crippen LogP contribution in [0.4, 0.5) is 5.69 Å². The minimum atomic E-state index is -0.0562. The van der Waals surface area contributed by atoms with E-state index in [0.29, 0.717) is 5.92 Å². The summed E-state index contributed by atoms with van der Waals surface area (Å²) < 4.78 is 2.36. The number of hydrogen-bond acceptors (Lipinski definition) is 2. The van der Waals surface area contributed by atoms with Crippen molar-refractivity contribution in [2.45, 2.75) is 52.6 Å². The topological polar surface area (TPSA) is 33.1 Å². The molecule has 0 radical (unpaired) electrons. The van der Waals surface area contributed by atoms with Crippen LogP contribution in [0.15, 0.2) is 79.0 Å². The Hall–Kier alpha value is -3.44. The molecule has 1 saturated heterocycles. The fourth-order valence-corrected chi connectivity index (χ4v) is 5.59. The van der Waals surface area contributed by atoms with E-state index in [0.717, 1.165) is 16.5 Å². The molecule has 0 spiro atoms. The van der Waals surface area contributed by atoms with Crippen molar-refractivity contribution in [3.8, 4) is 5.69 Å². The number of aryl methyl sites for hydroxylation is 2. The maximum Gasteiger partial charge on any atom is 0.174 e. The Balaban J connectivity index is 1.67. The van der Waals surface area contributed by atoms with E-state index in [-0.39, 0.29) is 12.1 Å². The third-order valence-electron chi connectivity index (χ3n) is 7.08. The lowest BCUT2D eigenvalue weighted by Crippen LogP contribution is -2.29. The normalized spacial score (nSPS) is 17.8. The highest BCUT2D eigenvalue weighted by molar-refractivity contribution is 7.80. The fourth-order valence-electron chi connectivity index (χ4n) is 5.24. The zero-order chi connectivity index (χ0) is 24.7. The lowest BCUT2D eigenvalue weighted by molar-refractivity contribution is 0.565. The highest BCUT2D eigenvalue weighted by atomic mass is 32.1. The Labute approximate surface area is 213 Å². The predicted molar refractivity (Wildman–Crippen MR) is 148 cm³/mol. The summed E-state index contributed by atoms with van der Waals surface area (Å²) in [5, 5.41) is 4.32. The molecule has 0 amide bonds. The van der Waals surface area contributed by atoms with Crippen LogP contribution >= 0.6 is 12.2 Å². The molecule has 1 aliphatic rings. The van der Waals surface area contributed by atoms with Crippen molar-refractivity contribution < 1.29 is 0 Å². The van der Waals surface area contributed by atoms with Crippen LogP contribution in [0.2, 0.25) is 0 Å². The van der Waals surface area contributed by atoms with Gasteiger partial charge in [0.15, 0.2) is 5.11 Å². The summed E-state index contributed by atoms with van der Waals surface area (Å²) in [7, 11) is 0. The fraction of sp³-hybridized carbons (Fsp3) is 0.267. The first-order valence-corrected chi connectivity index (χ1v) is 12.6. The zero-order valence-corrected chi connectivity index (χ0v) is 21.8. The molecule has 0 aliphatic carbocycles. The quantitative estimate of drug-likeness (QED) is 0.309. The number of anilines is 1. The third kappa shape index (κ3) is 4.14. The van der Waals surface area contributed by atoms with Gasteiger partial charge in [0.2, 0.25) is 0 Å². The minimum Gasteiger partial charge on any atom is -0.351 e. The predicted octanol–water partition coefficient (Wildman–Crippen LogP) is 7.10. The average Bonchev–Trinajstić information content (AvgIpc) is 3.35. The average molecular weight is 481 g/mol. The van der Waals surface area contributed by atoms with Crippen molar-refractivity contribution in [1.82, 2.24) is 14.9 Å². The van der Waals surface area contributed by atoms with Gasteiger partial charge in [-0.2, -0.15) is 0 Å². The number of para-hydroxylation sites is 1. The van der Waals surface area contributed by atoms with Crippen molar-refractivity contribution in [2.24, 2.45) is 0 Å². The standard InChI is InChI=1S/C30H32N4S/c1-19(2)23-13-15-24(16-14-23)34-29(28(32-30(34)35)26-11-8-9-17-31-26)25-18-21(4)33(22(25)5)27-12-7-6-10-20(27)3/h6-19,28-29H,1-5H3,(H,32,35). The molecule has 0 saturated carbocycles. The molecule has 5 rings (SSSR count). The molecule has 2 aromatic carbocycles. The van der Waals surface area contributed by atoms with Gasteiger partial charge in [-0.3, -0.25) is 4.98 Å². The molecular formula is C30H32N4S. The monoisotopic (exact) mass is 480 g/mol. The number of aromatic nitrogens is 2. The molecule has 4 aromatic rings. The molecule has 35 heavy (non-hydrogen) atoms. The van der Waals surface area contributed by atoms with Crippen molar-refractivity contribution in [3.05, 3.63) is 113 Å². The van der Waals surface area contributed by atoms with E-state index >= 15 is 0 Å². The number of thiocarbonyl (C=S) groups is 1. The molecule has 0 bridgehead atoms. The van der Waals surface area contributed by atoms with Crippen LogP contribution in [0.5, 0.6) is 0 Å². The van der Waals surface area contributed by atoms with Gasteiger partial charge in [-0.15, -0.1) is 0 Å². The van der Waals surface area contributed by atoms with Gasteiger partial charge in [0, 0.05) is 29.0 Å². The van der Waals surface area contributed by atoms with Gasteiger partial charge in [0.25, 0.3) is 0 Å². The summed E-state index contributed by atoms with van der Waals surface area (Å²) in [6.07, 6.45) is 1.85. The van der Waals surface area contributed by atoms with Gasteiger partial charge < -0.3 is 14.8 Å². The lowest BCUT2D eigenvalue weighted by atomic mass is 9.96. The molecule has 2 aromatic heterocycles. The van der Waals surface area contributed by atoms with Crippen molar-refractivity contribution in [3.63, 3.8) is 0 Å². The van der Waals surface area contributed by atoms with Gasteiger partial charge in [-0.25, -0.2) is 0 Å². The minimum absolute atomic E-state index is 0.0220. The SMILES string of the molecule is Cc1ccccc1-n1c(C)cc(C2C(c3ccccn3)NC(=S)N2c2ccc(C(C)C)cc2)c1C. The molecule has 3 heterocycles. The first-order valence-electron chi connectivity index (χ1n) is 12.2. The summed E-state index contributed by atoms with van der Waals surface area (Å²) >= 11 is 5.94. The maximum atomic E-state index is 5.94. The van der Waals surface area contributed by atoms with E-state index in [1.54, 1.807) is 0 Å². The van der Waals surface area contributed by atoms with E-state index < -0.39 is 0 Å². The summed E-state index contributed by atoms with van der Waals surface area (Å²) in [6.45, 7) is 11.0. The van der Waals surface area contributed by atoms with Gasteiger partial charge >= 0.3 is 0 Å².